The van der Waals surface area contributed by atoms with Crippen molar-refractivity contribution in [1.82, 2.24) is 4.98 Å². The number of ether oxygens (including phenoxy) is 1. The molecular formula is C11H8FN3O2. The number of anilines is 1. The Morgan fingerprint density at radius 3 is 2.88 bits per heavy atom. The van der Waals surface area contributed by atoms with Gasteiger partial charge >= 0.3 is 0 Å². The molecule has 0 radical (unpaired) electrons. The van der Waals surface area contributed by atoms with E-state index in [1.807, 2.05) is 0 Å². The molecule has 0 amide bonds. The predicted molar refractivity (Wildman–Crippen MR) is 57.6 cm³/mol. The van der Waals surface area contributed by atoms with Crippen LogP contribution < -0.4 is 10.5 Å². The third kappa shape index (κ3) is 1.90. The van der Waals surface area contributed by atoms with Gasteiger partial charge in [0, 0.05) is 5.56 Å². The molecule has 0 fully saturated rings. The van der Waals surface area contributed by atoms with Crippen LogP contribution in [-0.2, 0) is 0 Å². The number of hydrogen-bond donors (Lipinski definition) is 1. The Kier molecular flexibility index (Phi) is 2.66. The summed E-state index contributed by atoms with van der Waals surface area (Å²) in [4.78, 5) is 3.87. The van der Waals surface area contributed by atoms with E-state index >= 15 is 0 Å². The van der Waals surface area contributed by atoms with Crippen LogP contribution in [0.25, 0.3) is 11.5 Å². The summed E-state index contributed by atoms with van der Waals surface area (Å²) in [6, 6.07) is 5.89. The van der Waals surface area contributed by atoms with E-state index in [0.29, 0.717) is 5.56 Å². The topological polar surface area (TPSA) is 85.1 Å². The Morgan fingerprint density at radius 1 is 1.53 bits per heavy atom. The molecule has 1 aromatic carbocycles. The Hall–Kier alpha value is -2.55. The highest BCUT2D eigenvalue weighted by Crippen LogP contribution is 2.27. The van der Waals surface area contributed by atoms with Crippen molar-refractivity contribution in [2.75, 3.05) is 12.8 Å². The van der Waals surface area contributed by atoms with Crippen molar-refractivity contribution in [3.8, 4) is 23.3 Å². The van der Waals surface area contributed by atoms with E-state index in [-0.39, 0.29) is 23.2 Å². The summed E-state index contributed by atoms with van der Waals surface area (Å²) >= 11 is 0. The normalized spacial score (nSPS) is 9.94. The zero-order chi connectivity index (χ0) is 12.4. The van der Waals surface area contributed by atoms with Crippen molar-refractivity contribution >= 4 is 5.88 Å². The quantitative estimate of drug-likeness (QED) is 0.856. The summed E-state index contributed by atoms with van der Waals surface area (Å²) < 4.78 is 23.1. The van der Waals surface area contributed by atoms with E-state index in [2.05, 4.69) is 4.98 Å². The first kappa shape index (κ1) is 11.0. The molecule has 1 aromatic heterocycles. The van der Waals surface area contributed by atoms with Gasteiger partial charge in [-0.25, -0.2) is 4.39 Å². The lowest BCUT2D eigenvalue weighted by atomic mass is 10.2. The van der Waals surface area contributed by atoms with Gasteiger partial charge in [-0.15, -0.1) is 0 Å². The van der Waals surface area contributed by atoms with E-state index in [0.717, 1.165) is 0 Å². The zero-order valence-electron chi connectivity index (χ0n) is 8.90. The van der Waals surface area contributed by atoms with Crippen LogP contribution in [0.3, 0.4) is 0 Å². The van der Waals surface area contributed by atoms with Crippen LogP contribution in [0.15, 0.2) is 22.6 Å². The summed E-state index contributed by atoms with van der Waals surface area (Å²) in [6.45, 7) is 0. The highest BCUT2D eigenvalue weighted by atomic mass is 19.1. The number of halogens is 1. The lowest BCUT2D eigenvalue weighted by molar-refractivity contribution is 0.386. The average Bonchev–Trinajstić information content (AvgIpc) is 2.71. The van der Waals surface area contributed by atoms with E-state index < -0.39 is 5.82 Å². The fraction of sp³-hybridized carbons (Fsp3) is 0.0909. The molecule has 5 nitrogen and oxygen atoms in total. The third-order valence-electron chi connectivity index (χ3n) is 2.16. The van der Waals surface area contributed by atoms with Crippen molar-refractivity contribution in [3.63, 3.8) is 0 Å². The van der Waals surface area contributed by atoms with E-state index in [1.54, 1.807) is 6.07 Å². The van der Waals surface area contributed by atoms with Crippen LogP contribution in [0.1, 0.15) is 5.69 Å². The number of benzene rings is 1. The molecule has 86 valence electrons. The van der Waals surface area contributed by atoms with Crippen LogP contribution in [-0.4, -0.2) is 12.1 Å². The number of nitriles is 1. The minimum Gasteiger partial charge on any atom is -0.494 e. The van der Waals surface area contributed by atoms with Gasteiger partial charge < -0.3 is 14.9 Å². The van der Waals surface area contributed by atoms with Gasteiger partial charge in [-0.1, -0.05) is 0 Å². The molecule has 0 unspecified atom stereocenters. The monoisotopic (exact) mass is 233 g/mol. The number of nitrogen functional groups attached to an aromatic ring is 1. The van der Waals surface area contributed by atoms with Gasteiger partial charge in [0.05, 0.1) is 7.11 Å². The molecule has 2 rings (SSSR count). The Morgan fingerprint density at radius 2 is 2.29 bits per heavy atom. The minimum atomic E-state index is -0.490. The van der Waals surface area contributed by atoms with Crippen LogP contribution >= 0.6 is 0 Å². The zero-order valence-corrected chi connectivity index (χ0v) is 8.90. The SMILES string of the molecule is COc1cc(-c2nc(C#N)c(N)o2)ccc1F. The molecule has 1 heterocycles. The van der Waals surface area contributed by atoms with Crippen molar-refractivity contribution in [3.05, 3.63) is 29.7 Å². The van der Waals surface area contributed by atoms with Crippen molar-refractivity contribution in [1.29, 1.82) is 5.26 Å². The van der Waals surface area contributed by atoms with E-state index in [1.165, 1.54) is 25.3 Å². The second kappa shape index (κ2) is 4.14. The molecule has 0 aliphatic carbocycles. The van der Waals surface area contributed by atoms with Crippen LogP contribution in [0.4, 0.5) is 10.3 Å². The number of aromatic nitrogens is 1. The number of rotatable bonds is 2. The molecular weight excluding hydrogens is 225 g/mol. The highest BCUT2D eigenvalue weighted by Gasteiger charge is 2.13. The minimum absolute atomic E-state index is 0.00305. The molecule has 0 spiro atoms. The molecule has 17 heavy (non-hydrogen) atoms. The molecule has 0 aliphatic heterocycles. The van der Waals surface area contributed by atoms with Gasteiger partial charge in [-0.2, -0.15) is 10.2 Å². The summed E-state index contributed by atoms with van der Waals surface area (Å²) in [5, 5.41) is 8.69. The smallest absolute Gasteiger partial charge is 0.230 e. The van der Waals surface area contributed by atoms with Gasteiger partial charge in [0.25, 0.3) is 0 Å². The number of oxazole rings is 1. The molecule has 0 saturated heterocycles. The van der Waals surface area contributed by atoms with Crippen molar-refractivity contribution in [2.45, 2.75) is 0 Å². The third-order valence-corrected chi connectivity index (χ3v) is 2.16. The number of hydrogen-bond acceptors (Lipinski definition) is 5. The van der Waals surface area contributed by atoms with Crippen molar-refractivity contribution in [2.24, 2.45) is 0 Å². The van der Waals surface area contributed by atoms with Crippen LogP contribution in [0.2, 0.25) is 0 Å². The Bertz CT molecular complexity index is 601. The first-order chi connectivity index (χ1) is 8.15. The molecule has 2 aromatic rings. The Labute approximate surface area is 96.2 Å². The highest BCUT2D eigenvalue weighted by molar-refractivity contribution is 5.59. The first-order valence-corrected chi connectivity index (χ1v) is 4.66. The van der Waals surface area contributed by atoms with Crippen LogP contribution in [0.5, 0.6) is 5.75 Å². The van der Waals surface area contributed by atoms with Gasteiger partial charge in [-0.3, -0.25) is 0 Å². The Balaban J connectivity index is 2.50. The predicted octanol–water partition coefficient (Wildman–Crippen LogP) is 1.94. The maximum atomic E-state index is 13.2. The molecule has 0 saturated carbocycles. The van der Waals surface area contributed by atoms with Crippen LogP contribution in [0, 0.1) is 17.1 Å². The second-order valence-corrected chi connectivity index (χ2v) is 3.19. The van der Waals surface area contributed by atoms with Gasteiger partial charge in [-0.05, 0) is 18.2 Å². The van der Waals surface area contributed by atoms with E-state index in [4.69, 9.17) is 20.1 Å². The maximum absolute atomic E-state index is 13.2. The average molecular weight is 233 g/mol. The summed E-state index contributed by atoms with van der Waals surface area (Å²) in [7, 11) is 1.35. The second-order valence-electron chi connectivity index (χ2n) is 3.19. The molecule has 0 atom stereocenters. The summed E-state index contributed by atoms with van der Waals surface area (Å²) in [5.41, 5.74) is 5.92. The molecule has 0 aliphatic rings. The number of nitrogens with zero attached hydrogens (tertiary/aromatic N) is 2. The van der Waals surface area contributed by atoms with Gasteiger partial charge in [0.1, 0.15) is 6.07 Å². The first-order valence-electron chi connectivity index (χ1n) is 4.66. The molecule has 0 bridgehead atoms. The van der Waals surface area contributed by atoms with Gasteiger partial charge in [0.2, 0.25) is 17.5 Å². The standard InChI is InChI=1S/C11H8FN3O2/c1-16-9-4-6(2-3-7(9)12)11-15-8(5-13)10(14)17-11/h2-4H,14H2,1H3. The van der Waals surface area contributed by atoms with E-state index in [9.17, 15) is 4.39 Å². The molecule has 2 N–H and O–H groups in total. The summed E-state index contributed by atoms with van der Waals surface area (Å²) in [5.74, 6) is -0.336. The maximum Gasteiger partial charge on any atom is 0.230 e. The summed E-state index contributed by atoms with van der Waals surface area (Å²) in [6.07, 6.45) is 0. The molecule has 6 heteroatoms. The fourth-order valence-corrected chi connectivity index (χ4v) is 1.33. The lowest BCUT2D eigenvalue weighted by Gasteiger charge is -2.02. The fourth-order valence-electron chi connectivity index (χ4n) is 1.33. The number of nitrogens with two attached hydrogens (primary N) is 1. The largest absolute Gasteiger partial charge is 0.494 e. The van der Waals surface area contributed by atoms with Gasteiger partial charge in [0.15, 0.2) is 11.6 Å². The van der Waals surface area contributed by atoms with Crippen molar-refractivity contribution < 1.29 is 13.5 Å². The lowest BCUT2D eigenvalue weighted by Crippen LogP contribution is -1.88. The number of methoxy groups -OCH3 is 1.